The van der Waals surface area contributed by atoms with Gasteiger partial charge >= 0.3 is 0 Å². The highest BCUT2D eigenvalue weighted by Gasteiger charge is 2.24. The number of carbonyl (C=O) groups excluding carboxylic acids is 1. The molecular weight excluding hydrogens is 246 g/mol. The number of halogens is 1. The first-order valence-corrected chi connectivity index (χ1v) is 5.58. The zero-order valence-corrected chi connectivity index (χ0v) is 10.0. The standard InChI is InChI=1S/C10H12ClN3O3/c1-16-8-5-7(11)12-10(13-8)14-9(15)6-3-2-4-17-6/h5-6H,2-4H2,1H3,(H,12,13,14,15). The number of amides is 1. The van der Waals surface area contributed by atoms with Crippen LogP contribution in [0.4, 0.5) is 5.95 Å². The fourth-order valence-corrected chi connectivity index (χ4v) is 1.71. The zero-order valence-electron chi connectivity index (χ0n) is 9.27. The second kappa shape index (κ2) is 5.29. The second-order valence-corrected chi connectivity index (χ2v) is 3.93. The Morgan fingerprint density at radius 2 is 2.47 bits per heavy atom. The maximum Gasteiger partial charge on any atom is 0.255 e. The van der Waals surface area contributed by atoms with Gasteiger partial charge in [-0.25, -0.2) is 4.98 Å². The van der Waals surface area contributed by atoms with E-state index in [1.54, 1.807) is 0 Å². The molecule has 1 unspecified atom stereocenters. The maximum absolute atomic E-state index is 11.7. The van der Waals surface area contributed by atoms with E-state index >= 15 is 0 Å². The van der Waals surface area contributed by atoms with Crippen molar-refractivity contribution in [3.8, 4) is 5.88 Å². The molecule has 1 atom stereocenters. The van der Waals surface area contributed by atoms with Crippen molar-refractivity contribution in [3.63, 3.8) is 0 Å². The minimum Gasteiger partial charge on any atom is -0.481 e. The molecule has 0 aliphatic carbocycles. The molecule has 2 heterocycles. The van der Waals surface area contributed by atoms with Crippen LogP contribution in [0.25, 0.3) is 0 Å². The Labute approximate surface area is 103 Å². The molecule has 1 aromatic heterocycles. The highest BCUT2D eigenvalue weighted by Crippen LogP contribution is 2.17. The molecule has 0 aromatic carbocycles. The lowest BCUT2D eigenvalue weighted by atomic mass is 10.2. The number of carbonyl (C=O) groups is 1. The molecule has 6 nitrogen and oxygen atoms in total. The molecule has 1 aliphatic rings. The molecule has 1 fully saturated rings. The van der Waals surface area contributed by atoms with Gasteiger partial charge in [-0.05, 0) is 12.8 Å². The Bertz CT molecular complexity index is 421. The largest absolute Gasteiger partial charge is 0.481 e. The summed E-state index contributed by atoms with van der Waals surface area (Å²) >= 11 is 5.76. The summed E-state index contributed by atoms with van der Waals surface area (Å²) in [6.07, 6.45) is 1.17. The van der Waals surface area contributed by atoms with E-state index in [0.29, 0.717) is 18.9 Å². The van der Waals surface area contributed by atoms with Gasteiger partial charge < -0.3 is 9.47 Å². The minimum absolute atomic E-state index is 0.120. The first-order chi connectivity index (χ1) is 8.19. The van der Waals surface area contributed by atoms with Gasteiger partial charge in [0, 0.05) is 12.7 Å². The molecule has 0 bridgehead atoms. The van der Waals surface area contributed by atoms with E-state index in [9.17, 15) is 4.79 Å². The molecule has 2 rings (SSSR count). The van der Waals surface area contributed by atoms with Crippen LogP contribution in [-0.4, -0.2) is 35.7 Å². The van der Waals surface area contributed by atoms with Gasteiger partial charge in [-0.3, -0.25) is 10.1 Å². The van der Waals surface area contributed by atoms with Crippen molar-refractivity contribution in [1.29, 1.82) is 0 Å². The maximum atomic E-state index is 11.7. The minimum atomic E-state index is -0.427. The number of ether oxygens (including phenoxy) is 2. The Hall–Kier alpha value is -1.40. The van der Waals surface area contributed by atoms with Crippen LogP contribution in [0.2, 0.25) is 5.15 Å². The predicted molar refractivity (Wildman–Crippen MR) is 61.2 cm³/mol. The van der Waals surface area contributed by atoms with Crippen molar-refractivity contribution in [2.45, 2.75) is 18.9 Å². The highest BCUT2D eigenvalue weighted by molar-refractivity contribution is 6.29. The molecule has 1 aliphatic heterocycles. The summed E-state index contributed by atoms with van der Waals surface area (Å²) in [5, 5.41) is 2.76. The zero-order chi connectivity index (χ0) is 12.3. The van der Waals surface area contributed by atoms with E-state index in [-0.39, 0.29) is 17.0 Å². The van der Waals surface area contributed by atoms with Crippen LogP contribution in [0.5, 0.6) is 5.88 Å². The van der Waals surface area contributed by atoms with Gasteiger partial charge in [0.1, 0.15) is 11.3 Å². The summed E-state index contributed by atoms with van der Waals surface area (Å²) in [4.78, 5) is 19.6. The van der Waals surface area contributed by atoms with Crippen LogP contribution in [-0.2, 0) is 9.53 Å². The monoisotopic (exact) mass is 257 g/mol. The topological polar surface area (TPSA) is 73.3 Å². The smallest absolute Gasteiger partial charge is 0.255 e. The van der Waals surface area contributed by atoms with Crippen molar-refractivity contribution in [2.24, 2.45) is 0 Å². The molecule has 1 saturated heterocycles. The number of nitrogens with one attached hydrogen (secondary N) is 1. The van der Waals surface area contributed by atoms with E-state index in [2.05, 4.69) is 15.3 Å². The molecule has 17 heavy (non-hydrogen) atoms. The highest BCUT2D eigenvalue weighted by atomic mass is 35.5. The molecule has 0 saturated carbocycles. The lowest BCUT2D eigenvalue weighted by molar-refractivity contribution is -0.124. The number of nitrogens with zero attached hydrogens (tertiary/aromatic N) is 2. The molecule has 1 N–H and O–H groups in total. The Morgan fingerprint density at radius 3 is 3.12 bits per heavy atom. The summed E-state index contributed by atoms with van der Waals surface area (Å²) < 4.78 is 10.2. The number of hydrogen-bond donors (Lipinski definition) is 1. The molecule has 0 radical (unpaired) electrons. The summed E-state index contributed by atoms with van der Waals surface area (Å²) in [7, 11) is 1.46. The van der Waals surface area contributed by atoms with Gasteiger partial charge in [-0.15, -0.1) is 0 Å². The first-order valence-electron chi connectivity index (χ1n) is 5.20. The summed E-state index contributed by atoms with van der Waals surface area (Å²) in [6, 6.07) is 1.46. The van der Waals surface area contributed by atoms with Gasteiger partial charge in [-0.1, -0.05) is 11.6 Å². The quantitative estimate of drug-likeness (QED) is 0.825. The predicted octanol–water partition coefficient (Wildman–Crippen LogP) is 1.26. The van der Waals surface area contributed by atoms with Crippen molar-refractivity contribution in [3.05, 3.63) is 11.2 Å². The van der Waals surface area contributed by atoms with Crippen molar-refractivity contribution in [2.75, 3.05) is 19.0 Å². The van der Waals surface area contributed by atoms with Gasteiger partial charge in [0.05, 0.1) is 7.11 Å². The number of rotatable bonds is 3. The molecule has 7 heteroatoms. The first kappa shape index (κ1) is 12.1. The lowest BCUT2D eigenvalue weighted by Crippen LogP contribution is -2.27. The van der Waals surface area contributed by atoms with Crippen LogP contribution in [0.1, 0.15) is 12.8 Å². The number of anilines is 1. The number of aromatic nitrogens is 2. The summed E-state index contributed by atoms with van der Waals surface area (Å²) in [6.45, 7) is 0.609. The fraction of sp³-hybridized carbons (Fsp3) is 0.500. The molecular formula is C10H12ClN3O3. The molecule has 0 spiro atoms. The Balaban J connectivity index is 2.06. The average molecular weight is 258 g/mol. The summed E-state index contributed by atoms with van der Waals surface area (Å²) in [5.41, 5.74) is 0. The summed E-state index contributed by atoms with van der Waals surface area (Å²) in [5.74, 6) is 0.161. The van der Waals surface area contributed by atoms with Gasteiger partial charge in [0.2, 0.25) is 11.8 Å². The van der Waals surface area contributed by atoms with E-state index in [4.69, 9.17) is 21.1 Å². The SMILES string of the molecule is COc1cc(Cl)nc(NC(=O)C2CCCO2)n1. The Kier molecular flexibility index (Phi) is 3.75. The third-order valence-corrected chi connectivity index (χ3v) is 2.53. The van der Waals surface area contributed by atoms with Crippen molar-refractivity contribution < 1.29 is 14.3 Å². The van der Waals surface area contributed by atoms with Crippen LogP contribution in [0, 0.1) is 0 Å². The average Bonchev–Trinajstić information content (AvgIpc) is 2.81. The van der Waals surface area contributed by atoms with Crippen LogP contribution >= 0.6 is 11.6 Å². The van der Waals surface area contributed by atoms with E-state index < -0.39 is 6.10 Å². The van der Waals surface area contributed by atoms with Crippen molar-refractivity contribution >= 4 is 23.5 Å². The lowest BCUT2D eigenvalue weighted by Gasteiger charge is -2.09. The van der Waals surface area contributed by atoms with Gasteiger partial charge in [0.15, 0.2) is 0 Å². The number of methoxy groups -OCH3 is 1. The van der Waals surface area contributed by atoms with E-state index in [0.717, 1.165) is 6.42 Å². The fourth-order valence-electron chi connectivity index (χ4n) is 1.53. The van der Waals surface area contributed by atoms with Crippen molar-refractivity contribution in [1.82, 2.24) is 9.97 Å². The number of hydrogen-bond acceptors (Lipinski definition) is 5. The van der Waals surface area contributed by atoms with Crippen LogP contribution < -0.4 is 10.1 Å². The van der Waals surface area contributed by atoms with Gasteiger partial charge in [0.25, 0.3) is 5.91 Å². The second-order valence-electron chi connectivity index (χ2n) is 3.55. The normalized spacial score (nSPS) is 19.1. The van der Waals surface area contributed by atoms with E-state index in [1.165, 1.54) is 13.2 Å². The van der Waals surface area contributed by atoms with Crippen LogP contribution in [0.15, 0.2) is 6.07 Å². The molecule has 92 valence electrons. The van der Waals surface area contributed by atoms with E-state index in [1.807, 2.05) is 0 Å². The molecule has 1 amide bonds. The third-order valence-electron chi connectivity index (χ3n) is 2.34. The molecule has 1 aromatic rings. The van der Waals surface area contributed by atoms with Crippen LogP contribution in [0.3, 0.4) is 0 Å². The van der Waals surface area contributed by atoms with Gasteiger partial charge in [-0.2, -0.15) is 4.98 Å². The Morgan fingerprint density at radius 1 is 1.65 bits per heavy atom. The third kappa shape index (κ3) is 3.04.